The molecule has 3 heterocycles. The first-order valence-electron chi connectivity index (χ1n) is 9.84. The van der Waals surface area contributed by atoms with E-state index in [1.807, 2.05) is 29.2 Å². The molecule has 2 fully saturated rings. The topological polar surface area (TPSA) is 87.2 Å². The highest BCUT2D eigenvalue weighted by Crippen LogP contribution is 2.31. The molecule has 5 rings (SSSR count). The number of hydrogen-bond donors (Lipinski definition) is 2. The zero-order valence-electron chi connectivity index (χ0n) is 16.4. The molecular weight excluding hydrogens is 417 g/mol. The lowest BCUT2D eigenvalue weighted by atomic mass is 10.0. The van der Waals surface area contributed by atoms with E-state index in [9.17, 15) is 14.0 Å². The van der Waals surface area contributed by atoms with Gasteiger partial charge in [0, 0.05) is 37.1 Å². The SMILES string of the molecule is O=C1NC(=O)/C(=C/c2ccc3ncnc(-c4ccc(N5CCNCC5)c(F)c4)c3c2)S1. The summed E-state index contributed by atoms with van der Waals surface area (Å²) in [6.07, 6.45) is 3.10. The number of carbonyl (C=O) groups excluding carboxylic acids is 2. The third-order valence-electron chi connectivity index (χ3n) is 5.28. The minimum atomic E-state index is -0.412. The van der Waals surface area contributed by atoms with E-state index >= 15 is 0 Å². The van der Waals surface area contributed by atoms with Crippen molar-refractivity contribution in [3.05, 3.63) is 59.0 Å². The molecule has 0 radical (unpaired) electrons. The van der Waals surface area contributed by atoms with Crippen LogP contribution in [0.1, 0.15) is 5.56 Å². The molecule has 3 aromatic rings. The van der Waals surface area contributed by atoms with Gasteiger partial charge in [0.05, 0.1) is 21.8 Å². The molecule has 0 bridgehead atoms. The monoisotopic (exact) mass is 435 g/mol. The number of fused-ring (bicyclic) bond motifs is 1. The van der Waals surface area contributed by atoms with E-state index in [1.54, 1.807) is 12.1 Å². The van der Waals surface area contributed by atoms with E-state index in [0.717, 1.165) is 48.9 Å². The number of imide groups is 1. The summed E-state index contributed by atoms with van der Waals surface area (Å²) in [7, 11) is 0. The Labute approximate surface area is 181 Å². The lowest BCUT2D eigenvalue weighted by molar-refractivity contribution is -0.115. The number of nitrogens with zero attached hydrogens (tertiary/aromatic N) is 3. The molecule has 2 saturated heterocycles. The van der Waals surface area contributed by atoms with Crippen molar-refractivity contribution in [2.24, 2.45) is 0 Å². The molecule has 0 spiro atoms. The van der Waals surface area contributed by atoms with Crippen LogP contribution in [0.3, 0.4) is 0 Å². The van der Waals surface area contributed by atoms with Gasteiger partial charge in [0.1, 0.15) is 12.1 Å². The van der Waals surface area contributed by atoms with Crippen LogP contribution in [-0.2, 0) is 4.79 Å². The van der Waals surface area contributed by atoms with Gasteiger partial charge in [-0.15, -0.1) is 0 Å². The molecule has 156 valence electrons. The number of anilines is 1. The molecule has 0 unspecified atom stereocenters. The van der Waals surface area contributed by atoms with Crippen LogP contribution < -0.4 is 15.5 Å². The lowest BCUT2D eigenvalue weighted by Crippen LogP contribution is -2.43. The molecule has 0 atom stereocenters. The molecule has 0 saturated carbocycles. The maximum absolute atomic E-state index is 15.0. The maximum atomic E-state index is 15.0. The summed E-state index contributed by atoms with van der Waals surface area (Å²) < 4.78 is 15.0. The van der Waals surface area contributed by atoms with Crippen molar-refractivity contribution >= 4 is 45.6 Å². The Bertz CT molecular complexity index is 1240. The molecule has 9 heteroatoms. The Morgan fingerprint density at radius 1 is 1.06 bits per heavy atom. The number of amides is 2. The van der Waals surface area contributed by atoms with E-state index in [4.69, 9.17) is 0 Å². The highest BCUT2D eigenvalue weighted by molar-refractivity contribution is 8.18. The van der Waals surface area contributed by atoms with E-state index in [2.05, 4.69) is 20.6 Å². The number of piperazine rings is 1. The van der Waals surface area contributed by atoms with Gasteiger partial charge >= 0.3 is 0 Å². The van der Waals surface area contributed by atoms with Gasteiger partial charge in [-0.25, -0.2) is 14.4 Å². The first kappa shape index (κ1) is 19.7. The average molecular weight is 435 g/mol. The minimum absolute atomic E-state index is 0.290. The summed E-state index contributed by atoms with van der Waals surface area (Å²) in [5.41, 5.74) is 3.28. The second-order valence-electron chi connectivity index (χ2n) is 7.25. The smallest absolute Gasteiger partial charge is 0.290 e. The molecule has 2 aliphatic rings. The average Bonchev–Trinajstić information content (AvgIpc) is 3.10. The van der Waals surface area contributed by atoms with Crippen molar-refractivity contribution in [1.82, 2.24) is 20.6 Å². The zero-order valence-corrected chi connectivity index (χ0v) is 17.2. The molecule has 0 aliphatic carbocycles. The Morgan fingerprint density at radius 3 is 2.65 bits per heavy atom. The minimum Gasteiger partial charge on any atom is -0.367 e. The molecule has 7 nitrogen and oxygen atoms in total. The van der Waals surface area contributed by atoms with Crippen LogP contribution in [0.25, 0.3) is 28.2 Å². The van der Waals surface area contributed by atoms with Crippen LogP contribution in [0, 0.1) is 5.82 Å². The van der Waals surface area contributed by atoms with Gasteiger partial charge in [-0.05, 0) is 47.7 Å². The van der Waals surface area contributed by atoms with Crippen LogP contribution in [0.5, 0.6) is 0 Å². The molecule has 2 aliphatic heterocycles. The van der Waals surface area contributed by atoms with Crippen LogP contribution in [0.15, 0.2) is 47.6 Å². The number of benzene rings is 2. The van der Waals surface area contributed by atoms with Crippen molar-refractivity contribution in [2.45, 2.75) is 0 Å². The number of hydrogen-bond acceptors (Lipinski definition) is 7. The molecular formula is C22H18FN5O2S. The third kappa shape index (κ3) is 3.89. The van der Waals surface area contributed by atoms with Crippen LogP contribution in [-0.4, -0.2) is 47.3 Å². The van der Waals surface area contributed by atoms with E-state index in [-0.39, 0.29) is 11.1 Å². The molecule has 31 heavy (non-hydrogen) atoms. The van der Waals surface area contributed by atoms with Crippen LogP contribution in [0.4, 0.5) is 14.9 Å². The van der Waals surface area contributed by atoms with Crippen molar-refractivity contribution in [3.63, 3.8) is 0 Å². The van der Waals surface area contributed by atoms with Gasteiger partial charge in [-0.2, -0.15) is 0 Å². The predicted octanol–water partition coefficient (Wildman–Crippen LogP) is 3.17. The number of nitrogens with one attached hydrogen (secondary N) is 2. The van der Waals surface area contributed by atoms with Crippen LogP contribution in [0.2, 0.25) is 0 Å². The Morgan fingerprint density at radius 2 is 1.90 bits per heavy atom. The van der Waals surface area contributed by atoms with E-state index in [1.165, 1.54) is 12.4 Å². The first-order valence-corrected chi connectivity index (χ1v) is 10.7. The van der Waals surface area contributed by atoms with Crippen molar-refractivity contribution in [1.29, 1.82) is 0 Å². The third-order valence-corrected chi connectivity index (χ3v) is 6.09. The quantitative estimate of drug-likeness (QED) is 0.611. The van der Waals surface area contributed by atoms with Crippen molar-refractivity contribution < 1.29 is 14.0 Å². The highest BCUT2D eigenvalue weighted by atomic mass is 32.2. The van der Waals surface area contributed by atoms with Gasteiger partial charge in [0.25, 0.3) is 11.1 Å². The molecule has 2 N–H and O–H groups in total. The number of thioether (sulfide) groups is 1. The first-order chi connectivity index (χ1) is 15.1. The number of rotatable bonds is 3. The fraction of sp³-hybridized carbons (Fsp3) is 0.182. The second-order valence-corrected chi connectivity index (χ2v) is 8.27. The predicted molar refractivity (Wildman–Crippen MR) is 119 cm³/mol. The summed E-state index contributed by atoms with van der Waals surface area (Å²) in [5.74, 6) is -0.702. The maximum Gasteiger partial charge on any atom is 0.290 e. The van der Waals surface area contributed by atoms with Crippen LogP contribution >= 0.6 is 11.8 Å². The van der Waals surface area contributed by atoms with Gasteiger partial charge in [-0.1, -0.05) is 12.1 Å². The van der Waals surface area contributed by atoms with E-state index in [0.29, 0.717) is 27.4 Å². The lowest BCUT2D eigenvalue weighted by Gasteiger charge is -2.29. The molecule has 2 aromatic carbocycles. The molecule has 1 aromatic heterocycles. The Balaban J connectivity index is 1.54. The van der Waals surface area contributed by atoms with Gasteiger partial charge in [0.2, 0.25) is 0 Å². The summed E-state index contributed by atoms with van der Waals surface area (Å²) in [4.78, 5) is 34.3. The highest BCUT2D eigenvalue weighted by Gasteiger charge is 2.25. The second kappa shape index (κ2) is 8.09. The van der Waals surface area contributed by atoms with Gasteiger partial charge in [0.15, 0.2) is 0 Å². The van der Waals surface area contributed by atoms with Crippen molar-refractivity contribution in [3.8, 4) is 11.3 Å². The zero-order chi connectivity index (χ0) is 21.4. The van der Waals surface area contributed by atoms with Gasteiger partial charge in [-0.3, -0.25) is 14.9 Å². The fourth-order valence-electron chi connectivity index (χ4n) is 3.78. The standard InChI is InChI=1S/C22H18FN5O2S/c23-16-11-14(2-4-18(16)28-7-5-24-6-8-28)20-15-9-13(1-3-17(15)25-12-26-20)10-19-21(29)27-22(30)31-19/h1-4,9-12,24H,5-8H2,(H,27,29,30)/b19-10-. The normalized spacial score (nSPS) is 18.1. The molecule has 2 amide bonds. The summed E-state index contributed by atoms with van der Waals surface area (Å²) in [6.45, 7) is 3.19. The Kier molecular flexibility index (Phi) is 5.13. The van der Waals surface area contributed by atoms with E-state index < -0.39 is 5.91 Å². The van der Waals surface area contributed by atoms with Gasteiger partial charge < -0.3 is 10.2 Å². The fourth-order valence-corrected chi connectivity index (χ4v) is 4.47. The van der Waals surface area contributed by atoms with Crippen molar-refractivity contribution in [2.75, 3.05) is 31.1 Å². The summed E-state index contributed by atoms with van der Waals surface area (Å²) in [6, 6.07) is 10.6. The summed E-state index contributed by atoms with van der Waals surface area (Å²) >= 11 is 0.863. The summed E-state index contributed by atoms with van der Waals surface area (Å²) in [5, 5.41) is 5.86. The number of aromatic nitrogens is 2. The Hall–Kier alpha value is -3.30. The largest absolute Gasteiger partial charge is 0.367 e. The number of carbonyl (C=O) groups is 2. The number of halogens is 1.